The van der Waals surface area contributed by atoms with E-state index in [2.05, 4.69) is 215 Å². The van der Waals surface area contributed by atoms with E-state index in [1.165, 1.54) is 77.2 Å². The van der Waals surface area contributed by atoms with Crippen molar-refractivity contribution in [2.45, 2.75) is 21.1 Å². The Labute approximate surface area is 345 Å². The van der Waals surface area contributed by atoms with E-state index in [4.69, 9.17) is 0 Å². The third kappa shape index (κ3) is 5.48. The summed E-state index contributed by atoms with van der Waals surface area (Å²) < 4.78 is 3.62. The monoisotopic (exact) mass is 856 g/mol. The van der Waals surface area contributed by atoms with E-state index in [0.717, 1.165) is 0 Å². The summed E-state index contributed by atoms with van der Waals surface area (Å²) in [7, 11) is 0. The van der Waals surface area contributed by atoms with Crippen molar-refractivity contribution in [1.29, 1.82) is 0 Å². The molecule has 0 saturated carbocycles. The topological polar surface area (TPSA) is 0 Å². The zero-order valence-corrected chi connectivity index (χ0v) is 37.2. The first-order valence-corrected chi connectivity index (χ1v) is 30.4. The molecule has 0 nitrogen and oxygen atoms in total. The minimum atomic E-state index is -4.75. The zero-order valence-electron chi connectivity index (χ0n) is 31.7. The fraction of sp³-hybridized carbons (Fsp3) is 0.0769. The van der Waals surface area contributed by atoms with Crippen LogP contribution in [0.3, 0.4) is 0 Å². The first-order chi connectivity index (χ1) is 26.5. The molecule has 2 aliphatic rings. The number of fused-ring (bicyclic) bond motifs is 4. The van der Waals surface area contributed by atoms with Crippen molar-refractivity contribution in [2.75, 3.05) is 0 Å². The summed E-state index contributed by atoms with van der Waals surface area (Å²) in [6, 6.07) is 69.1. The van der Waals surface area contributed by atoms with E-state index in [0.29, 0.717) is 0 Å². The summed E-state index contributed by atoms with van der Waals surface area (Å²) in [4.78, 5) is 0. The van der Waals surface area contributed by atoms with Crippen molar-refractivity contribution in [3.8, 4) is 22.3 Å². The van der Waals surface area contributed by atoms with Gasteiger partial charge >= 0.3 is 323 Å². The van der Waals surface area contributed by atoms with Gasteiger partial charge in [0.15, 0.2) is 0 Å². The first kappa shape index (κ1) is 38.3. The van der Waals surface area contributed by atoms with Gasteiger partial charge < -0.3 is 0 Å². The summed E-state index contributed by atoms with van der Waals surface area (Å²) in [6.45, 7) is 7.33. The van der Waals surface area contributed by atoms with Crippen molar-refractivity contribution in [2.24, 2.45) is 0 Å². The van der Waals surface area contributed by atoms with Crippen LogP contribution in [0.15, 0.2) is 193 Å². The summed E-state index contributed by atoms with van der Waals surface area (Å²) in [5.41, 5.74) is 14.0. The molecule has 0 saturated heterocycles. The van der Waals surface area contributed by atoms with Crippen LogP contribution in [0.4, 0.5) is 0 Å². The molecule has 0 spiro atoms. The van der Waals surface area contributed by atoms with Crippen LogP contribution in [-0.4, -0.2) is 6.88 Å². The van der Waals surface area contributed by atoms with E-state index in [1.807, 2.05) is 0 Å². The molecule has 0 bridgehead atoms. The smallest absolute Gasteiger partial charge is 0.147 e. The second-order valence-corrected chi connectivity index (χ2v) is 38.4. The fourth-order valence-corrected chi connectivity index (χ4v) is 40.1. The van der Waals surface area contributed by atoms with E-state index in [9.17, 15) is 0 Å². The van der Waals surface area contributed by atoms with Crippen LogP contribution in [0.25, 0.3) is 56.0 Å². The van der Waals surface area contributed by atoms with Gasteiger partial charge in [-0.05, 0) is 0 Å². The molecule has 0 aliphatic heterocycles. The van der Waals surface area contributed by atoms with Crippen LogP contribution in [-0.2, 0) is 17.4 Å². The predicted molar refractivity (Wildman–Crippen MR) is 247 cm³/mol. The van der Waals surface area contributed by atoms with Crippen molar-refractivity contribution in [1.82, 2.24) is 0 Å². The Morgan fingerprint density at radius 2 is 0.714 bits per heavy atom. The maximum Gasteiger partial charge on any atom is -0.147 e. The molecule has 0 amide bonds. The second-order valence-electron chi connectivity index (χ2n) is 15.7. The van der Waals surface area contributed by atoms with Gasteiger partial charge in [-0.2, -0.15) is 0 Å². The summed E-state index contributed by atoms with van der Waals surface area (Å²) in [5.74, 6) is 0. The second kappa shape index (κ2) is 14.7. The van der Waals surface area contributed by atoms with Crippen LogP contribution in [0, 0.1) is 0 Å². The molecular weight excluding hydrogens is 815 g/mol. The molecule has 0 N–H and O–H groups in total. The van der Waals surface area contributed by atoms with Gasteiger partial charge in [0, 0.05) is 0 Å². The van der Waals surface area contributed by atoms with Crippen molar-refractivity contribution < 1.29 is 17.4 Å². The molecule has 2 aliphatic carbocycles. The Morgan fingerprint density at radius 3 is 1.14 bits per heavy atom. The van der Waals surface area contributed by atoms with Crippen molar-refractivity contribution in [3.63, 3.8) is 0 Å². The van der Waals surface area contributed by atoms with Crippen LogP contribution in [0.2, 0.25) is 0 Å². The third-order valence-corrected chi connectivity index (χ3v) is 41.2. The maximum atomic E-state index is 2.56. The van der Waals surface area contributed by atoms with E-state index in [-0.39, 0.29) is 32.1 Å². The Bertz CT molecular complexity index is 2720. The average molecular weight is 859 g/mol. The van der Waals surface area contributed by atoms with Gasteiger partial charge in [-0.3, -0.25) is 0 Å². The van der Waals surface area contributed by atoms with Gasteiger partial charge in [0.1, 0.15) is 0 Å². The van der Waals surface area contributed by atoms with Crippen molar-refractivity contribution >= 4 is 71.9 Å². The molecule has 8 aromatic rings. The number of allylic oxidation sites excluding steroid dienone is 2. The molecule has 2 unspecified atom stereocenters. The molecule has 0 aromatic heterocycles. The normalized spacial score (nSPS) is 16.0. The average Bonchev–Trinajstić information content (AvgIpc) is 3.77. The summed E-state index contributed by atoms with van der Waals surface area (Å²) in [6.07, 6.45) is 5.12. The third-order valence-electron chi connectivity index (χ3n) is 12.9. The van der Waals surface area contributed by atoms with Gasteiger partial charge in [-0.25, -0.2) is 0 Å². The van der Waals surface area contributed by atoms with Gasteiger partial charge in [-0.1, -0.05) is 0 Å². The van der Waals surface area contributed by atoms with Gasteiger partial charge in [-0.15, -0.1) is 24.8 Å². The molecule has 2 atom stereocenters. The van der Waals surface area contributed by atoms with E-state index >= 15 is 0 Å². The number of hydrogen-bond acceptors (Lipinski definition) is 0. The Kier molecular flexibility index (Phi) is 10.1. The van der Waals surface area contributed by atoms with Crippen LogP contribution < -0.4 is 6.54 Å². The summed E-state index contributed by atoms with van der Waals surface area (Å²) in [5, 5.41) is 5.18. The Hall–Kier alpha value is -4.56. The van der Waals surface area contributed by atoms with Crippen LogP contribution in [0.5, 0.6) is 0 Å². The van der Waals surface area contributed by atoms with E-state index < -0.39 is 17.4 Å². The molecule has 274 valence electrons. The van der Waals surface area contributed by atoms with Crippen molar-refractivity contribution in [3.05, 3.63) is 215 Å². The molecule has 0 fully saturated rings. The zero-order chi connectivity index (χ0) is 36.5. The van der Waals surface area contributed by atoms with Crippen LogP contribution >= 0.6 is 24.8 Å². The predicted octanol–water partition coefficient (Wildman–Crippen LogP) is 12.7. The molecule has 8 aromatic carbocycles. The standard InChI is InChI=1S/2C20H15.2C6H5.2ClH.H2Si.Zr/c2*1-14-12-16-8-5-11-19(20(16)13-14)18-10-4-7-15-6-2-3-9-17(15)18;2*1-2-4-6-5-3-1;;;;/h2*2-13H,1H3;2*1-5H;2*1H;1H2;. The molecule has 10 rings (SSSR count). The Morgan fingerprint density at radius 1 is 0.375 bits per heavy atom. The largest absolute Gasteiger partial charge is 0.147 e. The quantitative estimate of drug-likeness (QED) is 0.146. The molecular formula is C52H44Cl2SiZr. The SMILES string of the molecule is CC1=Cc2c(-c3cccc4ccccc34)cccc2[CH]1[Zr](=[SiH2])([c]1ccccc1)([c]1ccccc1)[CH]1C(C)=Cc2c(-c3cccc4ccccc34)cccc21.Cl.Cl. The maximum absolute atomic E-state index is 4.75. The van der Waals surface area contributed by atoms with Gasteiger partial charge in [0.25, 0.3) is 0 Å². The number of rotatable bonds is 6. The Balaban J connectivity index is 0.00000220. The van der Waals surface area contributed by atoms with Gasteiger partial charge in [0.2, 0.25) is 0 Å². The molecule has 0 radical (unpaired) electrons. The molecule has 4 heteroatoms. The first-order valence-electron chi connectivity index (χ1n) is 19.2. The number of halogens is 2. The minimum Gasteiger partial charge on any atom is -0.147 e. The molecule has 56 heavy (non-hydrogen) atoms. The minimum absolute atomic E-state index is 0. The summed E-state index contributed by atoms with van der Waals surface area (Å²) >= 11 is -4.75. The van der Waals surface area contributed by atoms with Gasteiger partial charge in [0.05, 0.1) is 0 Å². The number of benzene rings is 8. The molecule has 0 heterocycles. The fourth-order valence-electron chi connectivity index (χ4n) is 10.9. The van der Waals surface area contributed by atoms with Crippen LogP contribution in [0.1, 0.15) is 43.4 Å². The van der Waals surface area contributed by atoms with E-state index in [1.54, 1.807) is 6.54 Å². The number of hydrogen-bond donors (Lipinski definition) is 0.